The maximum absolute atomic E-state index is 5.75. The summed E-state index contributed by atoms with van der Waals surface area (Å²) < 4.78 is 6.91. The molecule has 0 radical (unpaired) electrons. The van der Waals surface area contributed by atoms with Crippen LogP contribution < -0.4 is 11.3 Å². The average molecular weight is 319 g/mol. The Labute approximate surface area is 115 Å². The number of hydrazine groups is 1. The number of halogens is 1. The van der Waals surface area contributed by atoms with Gasteiger partial charge in [-0.05, 0) is 54.1 Å². The molecule has 1 aliphatic rings. The van der Waals surface area contributed by atoms with Gasteiger partial charge in [0, 0.05) is 27.4 Å². The normalized spacial score (nSPS) is 22.6. The molecule has 1 fully saturated rings. The highest BCUT2D eigenvalue weighted by atomic mass is 79.9. The van der Waals surface area contributed by atoms with Crippen LogP contribution in [0.2, 0.25) is 0 Å². The van der Waals surface area contributed by atoms with Crippen LogP contribution in [0.5, 0.6) is 0 Å². The Morgan fingerprint density at radius 3 is 3.06 bits per heavy atom. The third kappa shape index (κ3) is 4.34. The molecule has 2 rings (SSSR count). The van der Waals surface area contributed by atoms with Crippen molar-refractivity contribution in [1.82, 2.24) is 5.43 Å². The Morgan fingerprint density at radius 2 is 2.47 bits per heavy atom. The van der Waals surface area contributed by atoms with Crippen molar-refractivity contribution in [3.63, 3.8) is 0 Å². The number of thiophene rings is 1. The molecule has 96 valence electrons. The quantitative estimate of drug-likeness (QED) is 0.648. The van der Waals surface area contributed by atoms with Crippen molar-refractivity contribution in [3.8, 4) is 0 Å². The van der Waals surface area contributed by atoms with Crippen LogP contribution in [-0.2, 0) is 11.2 Å². The molecule has 1 saturated heterocycles. The summed E-state index contributed by atoms with van der Waals surface area (Å²) >= 11 is 5.25. The Morgan fingerprint density at radius 1 is 1.59 bits per heavy atom. The van der Waals surface area contributed by atoms with E-state index in [0.717, 1.165) is 23.9 Å². The molecule has 0 bridgehead atoms. The maximum Gasteiger partial charge on any atom is 0.0590 e. The van der Waals surface area contributed by atoms with E-state index in [9.17, 15) is 0 Å². The van der Waals surface area contributed by atoms with Crippen LogP contribution in [0.1, 0.15) is 30.6 Å². The van der Waals surface area contributed by atoms with Gasteiger partial charge in [0.25, 0.3) is 0 Å². The molecule has 3 N–H and O–H groups in total. The topological polar surface area (TPSA) is 47.3 Å². The zero-order valence-electron chi connectivity index (χ0n) is 9.82. The first kappa shape index (κ1) is 13.5. The second kappa shape index (κ2) is 6.85. The predicted octanol–water partition coefficient (Wildman–Crippen LogP) is 2.84. The third-order valence-electron chi connectivity index (χ3n) is 3.13. The minimum absolute atomic E-state index is 0.309. The molecule has 1 aromatic rings. The number of hydrogen-bond acceptors (Lipinski definition) is 4. The molecule has 0 spiro atoms. The fraction of sp³-hybridized carbons (Fsp3) is 0.667. The van der Waals surface area contributed by atoms with Gasteiger partial charge in [-0.2, -0.15) is 0 Å². The smallest absolute Gasteiger partial charge is 0.0590 e. The molecule has 0 saturated carbocycles. The van der Waals surface area contributed by atoms with Gasteiger partial charge in [-0.15, -0.1) is 11.3 Å². The number of nitrogens with two attached hydrogens (primary N) is 1. The van der Waals surface area contributed by atoms with E-state index in [1.165, 1.54) is 24.1 Å². The average Bonchev–Trinajstić information content (AvgIpc) is 2.75. The van der Waals surface area contributed by atoms with Crippen LogP contribution in [0.3, 0.4) is 0 Å². The predicted molar refractivity (Wildman–Crippen MR) is 75.0 cm³/mol. The molecule has 0 amide bonds. The van der Waals surface area contributed by atoms with Crippen LogP contribution in [0, 0.1) is 0 Å². The van der Waals surface area contributed by atoms with Crippen LogP contribution >= 0.6 is 27.3 Å². The summed E-state index contributed by atoms with van der Waals surface area (Å²) in [6.07, 6.45) is 6.03. The third-order valence-corrected chi connectivity index (χ3v) is 4.85. The maximum atomic E-state index is 5.75. The van der Waals surface area contributed by atoms with Crippen molar-refractivity contribution in [1.29, 1.82) is 0 Å². The van der Waals surface area contributed by atoms with Gasteiger partial charge in [-0.3, -0.25) is 11.3 Å². The lowest BCUT2D eigenvalue weighted by molar-refractivity contribution is 0.00528. The van der Waals surface area contributed by atoms with Gasteiger partial charge in [-0.25, -0.2) is 0 Å². The molecule has 5 heteroatoms. The van der Waals surface area contributed by atoms with Gasteiger partial charge in [0.1, 0.15) is 0 Å². The summed E-state index contributed by atoms with van der Waals surface area (Å²) in [5, 5.41) is 2.11. The highest BCUT2D eigenvalue weighted by molar-refractivity contribution is 9.10. The van der Waals surface area contributed by atoms with Crippen molar-refractivity contribution in [2.75, 3.05) is 6.61 Å². The van der Waals surface area contributed by atoms with Gasteiger partial charge in [-0.1, -0.05) is 0 Å². The second-order valence-electron chi connectivity index (χ2n) is 4.52. The van der Waals surface area contributed by atoms with E-state index in [1.54, 1.807) is 11.3 Å². The van der Waals surface area contributed by atoms with Gasteiger partial charge in [0.2, 0.25) is 0 Å². The number of ether oxygens (including phenoxy) is 1. The molecule has 1 aromatic heterocycles. The van der Waals surface area contributed by atoms with E-state index < -0.39 is 0 Å². The highest BCUT2D eigenvalue weighted by Gasteiger charge is 2.19. The lowest BCUT2D eigenvalue weighted by Crippen LogP contribution is -2.40. The highest BCUT2D eigenvalue weighted by Crippen LogP contribution is 2.23. The van der Waals surface area contributed by atoms with E-state index in [2.05, 4.69) is 32.8 Å². The van der Waals surface area contributed by atoms with Crippen LogP contribution in [0.25, 0.3) is 0 Å². The summed E-state index contributed by atoms with van der Waals surface area (Å²) in [6, 6.07) is 2.47. The zero-order valence-corrected chi connectivity index (χ0v) is 12.2. The first-order valence-corrected chi connectivity index (χ1v) is 7.76. The van der Waals surface area contributed by atoms with Crippen LogP contribution in [-0.4, -0.2) is 18.8 Å². The van der Waals surface area contributed by atoms with E-state index >= 15 is 0 Å². The Bertz CT molecular complexity index is 339. The van der Waals surface area contributed by atoms with E-state index in [0.29, 0.717) is 12.1 Å². The lowest BCUT2D eigenvalue weighted by atomic mass is 10.00. The minimum Gasteiger partial charge on any atom is -0.378 e. The Hall–Kier alpha value is 0.0600. The SMILES string of the molecule is NNC(Cc1cc(Br)cs1)CC1CCCCO1. The summed E-state index contributed by atoms with van der Waals surface area (Å²) in [4.78, 5) is 1.36. The molecule has 0 aliphatic carbocycles. The number of hydrogen-bond donors (Lipinski definition) is 2. The van der Waals surface area contributed by atoms with Crippen molar-refractivity contribution >= 4 is 27.3 Å². The summed E-state index contributed by atoms with van der Waals surface area (Å²) in [7, 11) is 0. The fourth-order valence-electron chi connectivity index (χ4n) is 2.22. The first-order valence-electron chi connectivity index (χ1n) is 6.08. The second-order valence-corrected chi connectivity index (χ2v) is 6.43. The van der Waals surface area contributed by atoms with Crippen LogP contribution in [0.4, 0.5) is 0 Å². The standard InChI is InChI=1S/C12H19BrN2OS/c13-9-5-12(17-8-9)7-10(15-14)6-11-3-1-2-4-16-11/h5,8,10-11,15H,1-4,6-7,14H2. The van der Waals surface area contributed by atoms with Crippen molar-refractivity contribution < 1.29 is 4.74 Å². The van der Waals surface area contributed by atoms with Gasteiger partial charge in [0.15, 0.2) is 0 Å². The van der Waals surface area contributed by atoms with Gasteiger partial charge < -0.3 is 4.74 Å². The van der Waals surface area contributed by atoms with Crippen LogP contribution in [0.15, 0.2) is 15.9 Å². The summed E-state index contributed by atoms with van der Waals surface area (Å²) in [6.45, 7) is 0.909. The molecule has 17 heavy (non-hydrogen) atoms. The number of nitrogens with one attached hydrogen (secondary N) is 1. The largest absolute Gasteiger partial charge is 0.378 e. The van der Waals surface area contributed by atoms with Gasteiger partial charge >= 0.3 is 0 Å². The molecule has 0 aromatic carbocycles. The monoisotopic (exact) mass is 318 g/mol. The molecule has 3 nitrogen and oxygen atoms in total. The van der Waals surface area contributed by atoms with Crippen molar-refractivity contribution in [3.05, 3.63) is 20.8 Å². The first-order chi connectivity index (χ1) is 8.28. The molecule has 1 aliphatic heterocycles. The molecule has 2 unspecified atom stereocenters. The van der Waals surface area contributed by atoms with Crippen molar-refractivity contribution in [2.24, 2.45) is 5.84 Å². The summed E-state index contributed by atoms with van der Waals surface area (Å²) in [5.41, 5.74) is 2.92. The van der Waals surface area contributed by atoms with Gasteiger partial charge in [0.05, 0.1) is 6.10 Å². The zero-order chi connectivity index (χ0) is 12.1. The fourth-order valence-corrected chi connectivity index (χ4v) is 3.76. The minimum atomic E-state index is 0.309. The van der Waals surface area contributed by atoms with Crippen molar-refractivity contribution in [2.45, 2.75) is 44.2 Å². The molecule has 2 heterocycles. The summed E-state index contributed by atoms with van der Waals surface area (Å²) in [5.74, 6) is 5.63. The Kier molecular flexibility index (Phi) is 5.44. The lowest BCUT2D eigenvalue weighted by Gasteiger charge is -2.26. The van der Waals surface area contributed by atoms with E-state index in [4.69, 9.17) is 10.6 Å². The molecule has 2 atom stereocenters. The molecular weight excluding hydrogens is 300 g/mol. The number of rotatable bonds is 5. The van der Waals surface area contributed by atoms with E-state index in [-0.39, 0.29) is 0 Å². The Balaban J connectivity index is 1.83. The molecular formula is C12H19BrN2OS. The van der Waals surface area contributed by atoms with E-state index in [1.807, 2.05) is 0 Å².